The van der Waals surface area contributed by atoms with Gasteiger partial charge in [0.1, 0.15) is 0 Å². The number of anilines is 2. The molecular weight excluding hydrogens is 226 g/mol. The van der Waals surface area contributed by atoms with E-state index in [9.17, 15) is 4.79 Å². The van der Waals surface area contributed by atoms with Crippen LogP contribution in [0, 0.1) is 0 Å². The zero-order valence-electron chi connectivity index (χ0n) is 11.1. The van der Waals surface area contributed by atoms with Crippen molar-refractivity contribution in [3.05, 3.63) is 24.3 Å². The van der Waals surface area contributed by atoms with Crippen LogP contribution in [0.2, 0.25) is 0 Å². The molecule has 98 valence electrons. The molecule has 4 nitrogen and oxygen atoms in total. The van der Waals surface area contributed by atoms with Gasteiger partial charge in [-0.1, -0.05) is 6.07 Å². The van der Waals surface area contributed by atoms with E-state index in [0.717, 1.165) is 30.6 Å². The molecule has 1 aromatic rings. The number of rotatable bonds is 4. The molecule has 0 unspecified atom stereocenters. The highest BCUT2D eigenvalue weighted by atomic mass is 16.1. The minimum Gasteiger partial charge on any atom is -0.378 e. The minimum atomic E-state index is -0.261. The fraction of sp³-hybridized carbons (Fsp3) is 0.500. The van der Waals surface area contributed by atoms with Crippen LogP contribution in [-0.4, -0.2) is 25.5 Å². The Hall–Kier alpha value is -1.55. The molecular formula is C14H21N3O. The zero-order chi connectivity index (χ0) is 13.2. The molecule has 0 saturated heterocycles. The molecule has 1 amide bonds. The molecule has 0 spiro atoms. The van der Waals surface area contributed by atoms with Gasteiger partial charge < -0.3 is 16.0 Å². The van der Waals surface area contributed by atoms with E-state index in [1.807, 2.05) is 43.3 Å². The van der Waals surface area contributed by atoms with Crippen molar-refractivity contribution in [2.45, 2.75) is 31.2 Å². The summed E-state index contributed by atoms with van der Waals surface area (Å²) in [5, 5.41) is 2.92. The van der Waals surface area contributed by atoms with Crippen LogP contribution in [0.3, 0.4) is 0 Å². The van der Waals surface area contributed by atoms with Gasteiger partial charge in [-0.25, -0.2) is 0 Å². The highest BCUT2D eigenvalue weighted by Gasteiger charge is 2.34. The van der Waals surface area contributed by atoms with E-state index in [2.05, 4.69) is 5.32 Å². The van der Waals surface area contributed by atoms with Gasteiger partial charge in [0.25, 0.3) is 0 Å². The Morgan fingerprint density at radius 2 is 2.17 bits per heavy atom. The number of nitrogens with two attached hydrogens (primary N) is 1. The summed E-state index contributed by atoms with van der Waals surface area (Å²) in [6, 6.07) is 7.80. The highest BCUT2D eigenvalue weighted by molar-refractivity contribution is 5.92. The van der Waals surface area contributed by atoms with Crippen LogP contribution in [0.15, 0.2) is 24.3 Å². The maximum Gasteiger partial charge on any atom is 0.226 e. The first-order valence-electron chi connectivity index (χ1n) is 6.35. The van der Waals surface area contributed by atoms with Crippen molar-refractivity contribution >= 4 is 17.3 Å². The first-order valence-corrected chi connectivity index (χ1v) is 6.35. The normalized spacial score (nSPS) is 16.8. The van der Waals surface area contributed by atoms with Gasteiger partial charge in [0, 0.05) is 37.4 Å². The lowest BCUT2D eigenvalue weighted by molar-refractivity contribution is -0.118. The molecule has 1 saturated carbocycles. The summed E-state index contributed by atoms with van der Waals surface area (Å²) in [6.07, 6.45) is 3.47. The van der Waals surface area contributed by atoms with Crippen LogP contribution in [0.5, 0.6) is 0 Å². The number of amides is 1. The molecule has 1 aliphatic carbocycles. The summed E-state index contributed by atoms with van der Waals surface area (Å²) in [5.41, 5.74) is 7.70. The van der Waals surface area contributed by atoms with Crippen LogP contribution < -0.4 is 16.0 Å². The topological polar surface area (TPSA) is 58.4 Å². The van der Waals surface area contributed by atoms with Crippen molar-refractivity contribution in [1.82, 2.24) is 0 Å². The number of carbonyl (C=O) groups excluding carboxylic acids is 1. The smallest absolute Gasteiger partial charge is 0.226 e. The molecule has 0 bridgehead atoms. The van der Waals surface area contributed by atoms with Gasteiger partial charge in [0.05, 0.1) is 0 Å². The van der Waals surface area contributed by atoms with Gasteiger partial charge in [-0.2, -0.15) is 0 Å². The lowest BCUT2D eigenvalue weighted by atomic mass is 9.75. The average molecular weight is 247 g/mol. The molecule has 1 aliphatic rings. The Kier molecular flexibility index (Phi) is 3.57. The maximum absolute atomic E-state index is 11.9. The van der Waals surface area contributed by atoms with E-state index < -0.39 is 0 Å². The molecule has 1 aromatic carbocycles. The largest absolute Gasteiger partial charge is 0.378 e. The van der Waals surface area contributed by atoms with Crippen molar-refractivity contribution in [2.75, 3.05) is 24.3 Å². The molecule has 0 aromatic heterocycles. The fourth-order valence-corrected chi connectivity index (χ4v) is 2.19. The first kappa shape index (κ1) is 12.9. The third-order valence-electron chi connectivity index (χ3n) is 3.51. The van der Waals surface area contributed by atoms with E-state index in [1.54, 1.807) is 0 Å². The van der Waals surface area contributed by atoms with Crippen LogP contribution >= 0.6 is 0 Å². The third-order valence-corrected chi connectivity index (χ3v) is 3.51. The molecule has 1 fully saturated rings. The monoisotopic (exact) mass is 247 g/mol. The van der Waals surface area contributed by atoms with E-state index in [0.29, 0.717) is 6.42 Å². The fourth-order valence-electron chi connectivity index (χ4n) is 2.19. The van der Waals surface area contributed by atoms with Gasteiger partial charge >= 0.3 is 0 Å². The Labute approximate surface area is 108 Å². The number of nitrogens with zero attached hydrogens (tertiary/aromatic N) is 1. The quantitative estimate of drug-likeness (QED) is 0.855. The van der Waals surface area contributed by atoms with Crippen molar-refractivity contribution in [3.8, 4) is 0 Å². The lowest BCUT2D eigenvalue weighted by Crippen LogP contribution is -2.48. The van der Waals surface area contributed by atoms with Crippen molar-refractivity contribution in [1.29, 1.82) is 0 Å². The number of hydrogen-bond donors (Lipinski definition) is 2. The summed E-state index contributed by atoms with van der Waals surface area (Å²) >= 11 is 0. The second-order valence-corrected chi connectivity index (χ2v) is 5.39. The van der Waals surface area contributed by atoms with Crippen molar-refractivity contribution in [3.63, 3.8) is 0 Å². The lowest BCUT2D eigenvalue weighted by Gasteiger charge is -2.37. The summed E-state index contributed by atoms with van der Waals surface area (Å²) in [6.45, 7) is 0. The van der Waals surface area contributed by atoms with Crippen LogP contribution in [-0.2, 0) is 4.79 Å². The second kappa shape index (κ2) is 4.98. The van der Waals surface area contributed by atoms with Gasteiger partial charge in [0.15, 0.2) is 0 Å². The first-order chi connectivity index (χ1) is 8.48. The molecule has 0 heterocycles. The molecule has 0 atom stereocenters. The predicted molar refractivity (Wildman–Crippen MR) is 74.8 cm³/mol. The molecule has 4 heteroatoms. The Morgan fingerprint density at radius 1 is 1.44 bits per heavy atom. The number of benzene rings is 1. The maximum atomic E-state index is 11.9. The van der Waals surface area contributed by atoms with Crippen molar-refractivity contribution < 1.29 is 4.79 Å². The standard InChI is InChI=1S/C14H21N3O/c1-17(2)12-6-3-5-11(9-12)16-13(18)10-14(15)7-4-8-14/h3,5-6,9H,4,7-8,10,15H2,1-2H3,(H,16,18). The average Bonchev–Trinajstić information content (AvgIpc) is 2.27. The summed E-state index contributed by atoms with van der Waals surface area (Å²) < 4.78 is 0. The van der Waals surface area contributed by atoms with Crippen LogP contribution in [0.25, 0.3) is 0 Å². The van der Waals surface area contributed by atoms with Gasteiger partial charge in [-0.05, 0) is 37.5 Å². The number of carbonyl (C=O) groups is 1. The molecule has 3 N–H and O–H groups in total. The van der Waals surface area contributed by atoms with E-state index >= 15 is 0 Å². The highest BCUT2D eigenvalue weighted by Crippen LogP contribution is 2.32. The summed E-state index contributed by atoms with van der Waals surface area (Å²) in [5.74, 6) is 0.00751. The van der Waals surface area contributed by atoms with Crippen LogP contribution in [0.1, 0.15) is 25.7 Å². The summed E-state index contributed by atoms with van der Waals surface area (Å²) in [7, 11) is 3.95. The van der Waals surface area contributed by atoms with Crippen molar-refractivity contribution in [2.24, 2.45) is 5.73 Å². The zero-order valence-corrected chi connectivity index (χ0v) is 11.1. The Bertz CT molecular complexity index is 438. The predicted octanol–water partition coefficient (Wildman–Crippen LogP) is 1.96. The Balaban J connectivity index is 1.96. The number of hydrogen-bond acceptors (Lipinski definition) is 3. The molecule has 0 aliphatic heterocycles. The van der Waals surface area contributed by atoms with E-state index in [4.69, 9.17) is 5.73 Å². The molecule has 2 rings (SSSR count). The third kappa shape index (κ3) is 3.01. The van der Waals surface area contributed by atoms with E-state index in [1.165, 1.54) is 0 Å². The minimum absolute atomic E-state index is 0.00751. The van der Waals surface area contributed by atoms with Gasteiger partial charge in [-0.3, -0.25) is 4.79 Å². The SMILES string of the molecule is CN(C)c1cccc(NC(=O)CC2(N)CCC2)c1. The van der Waals surface area contributed by atoms with Gasteiger partial charge in [0.2, 0.25) is 5.91 Å². The van der Waals surface area contributed by atoms with Crippen LogP contribution in [0.4, 0.5) is 11.4 Å². The molecule has 0 radical (unpaired) electrons. The number of nitrogens with one attached hydrogen (secondary N) is 1. The second-order valence-electron chi connectivity index (χ2n) is 5.39. The molecule has 18 heavy (non-hydrogen) atoms. The Morgan fingerprint density at radius 3 is 2.72 bits per heavy atom. The summed E-state index contributed by atoms with van der Waals surface area (Å²) in [4.78, 5) is 13.9. The van der Waals surface area contributed by atoms with E-state index in [-0.39, 0.29) is 11.4 Å². The van der Waals surface area contributed by atoms with Gasteiger partial charge in [-0.15, -0.1) is 0 Å².